The van der Waals surface area contributed by atoms with Crippen molar-refractivity contribution in [2.45, 2.75) is 25.9 Å². The zero-order valence-electron chi connectivity index (χ0n) is 10.8. The van der Waals surface area contributed by atoms with E-state index in [1.807, 2.05) is 13.8 Å². The van der Waals surface area contributed by atoms with Gasteiger partial charge in [-0.15, -0.1) is 12.4 Å². The number of hydrogen-bond donors (Lipinski definition) is 1. The van der Waals surface area contributed by atoms with Gasteiger partial charge in [0.15, 0.2) is 0 Å². The molecule has 3 nitrogen and oxygen atoms in total. The Labute approximate surface area is 123 Å². The number of rotatable bonds is 1. The standard InChI is InChI=1S/C13H16ClFN2O.ClH/c1-8-6-17(7-9(2)16-8)13(18)12-10(14)4-3-5-11(12)15;/h3-5,8-9,16H,6-7H2,1-2H3;1H. The van der Waals surface area contributed by atoms with Crippen molar-refractivity contribution >= 4 is 29.9 Å². The molecule has 0 radical (unpaired) electrons. The highest BCUT2D eigenvalue weighted by Crippen LogP contribution is 2.21. The first-order valence-electron chi connectivity index (χ1n) is 5.98. The minimum Gasteiger partial charge on any atom is -0.335 e. The number of hydrogen-bond acceptors (Lipinski definition) is 2. The van der Waals surface area contributed by atoms with Crippen LogP contribution in [0, 0.1) is 5.82 Å². The number of benzene rings is 1. The Morgan fingerprint density at radius 2 is 1.95 bits per heavy atom. The van der Waals surface area contributed by atoms with Gasteiger partial charge in [-0.25, -0.2) is 4.39 Å². The lowest BCUT2D eigenvalue weighted by atomic mass is 10.1. The highest BCUT2D eigenvalue weighted by atomic mass is 35.5. The lowest BCUT2D eigenvalue weighted by molar-refractivity contribution is 0.0669. The molecular formula is C13H17Cl2FN2O. The van der Waals surface area contributed by atoms with E-state index in [0.717, 1.165) is 0 Å². The van der Waals surface area contributed by atoms with Crippen LogP contribution in [0.1, 0.15) is 24.2 Å². The maximum absolute atomic E-state index is 13.7. The van der Waals surface area contributed by atoms with Crippen LogP contribution >= 0.6 is 24.0 Å². The molecule has 1 amide bonds. The second-order valence-corrected chi connectivity index (χ2v) is 5.18. The first-order chi connectivity index (χ1) is 8.49. The van der Waals surface area contributed by atoms with Crippen LogP contribution in [-0.2, 0) is 0 Å². The Morgan fingerprint density at radius 3 is 2.47 bits per heavy atom. The third-order valence-electron chi connectivity index (χ3n) is 3.02. The maximum atomic E-state index is 13.7. The summed E-state index contributed by atoms with van der Waals surface area (Å²) in [7, 11) is 0. The summed E-state index contributed by atoms with van der Waals surface area (Å²) in [4.78, 5) is 14.0. The predicted octanol–water partition coefficient (Wildman–Crippen LogP) is 2.72. The molecule has 1 fully saturated rings. The number of nitrogens with one attached hydrogen (secondary N) is 1. The van der Waals surface area contributed by atoms with Gasteiger partial charge >= 0.3 is 0 Å². The summed E-state index contributed by atoms with van der Waals surface area (Å²) in [5, 5.41) is 3.49. The van der Waals surface area contributed by atoms with E-state index in [4.69, 9.17) is 11.6 Å². The van der Waals surface area contributed by atoms with Crippen molar-refractivity contribution in [2.75, 3.05) is 13.1 Å². The monoisotopic (exact) mass is 306 g/mol. The van der Waals surface area contributed by atoms with Crippen molar-refractivity contribution in [1.29, 1.82) is 0 Å². The second kappa shape index (κ2) is 6.55. The minimum absolute atomic E-state index is 0. The second-order valence-electron chi connectivity index (χ2n) is 4.78. The largest absolute Gasteiger partial charge is 0.335 e. The van der Waals surface area contributed by atoms with E-state index < -0.39 is 5.82 Å². The molecular weight excluding hydrogens is 290 g/mol. The van der Waals surface area contributed by atoms with E-state index in [0.29, 0.717) is 13.1 Å². The van der Waals surface area contributed by atoms with Crippen LogP contribution in [0.3, 0.4) is 0 Å². The smallest absolute Gasteiger partial charge is 0.258 e. The quantitative estimate of drug-likeness (QED) is 0.865. The fraction of sp³-hybridized carbons (Fsp3) is 0.462. The average molecular weight is 307 g/mol. The van der Waals surface area contributed by atoms with E-state index in [-0.39, 0.29) is 41.0 Å². The van der Waals surface area contributed by atoms with Crippen molar-refractivity contribution in [3.05, 3.63) is 34.6 Å². The predicted molar refractivity (Wildman–Crippen MR) is 76.6 cm³/mol. The van der Waals surface area contributed by atoms with Crippen LogP contribution in [0.25, 0.3) is 0 Å². The fourth-order valence-electron chi connectivity index (χ4n) is 2.35. The van der Waals surface area contributed by atoms with Gasteiger partial charge in [-0.1, -0.05) is 17.7 Å². The first kappa shape index (κ1) is 16.2. The molecule has 1 heterocycles. The summed E-state index contributed by atoms with van der Waals surface area (Å²) >= 11 is 5.91. The molecule has 2 unspecified atom stereocenters. The van der Waals surface area contributed by atoms with E-state index in [9.17, 15) is 9.18 Å². The van der Waals surface area contributed by atoms with E-state index in [1.165, 1.54) is 18.2 Å². The van der Waals surface area contributed by atoms with Crippen LogP contribution in [0.2, 0.25) is 5.02 Å². The molecule has 0 spiro atoms. The zero-order valence-corrected chi connectivity index (χ0v) is 12.4. The normalized spacial score (nSPS) is 22.8. The highest BCUT2D eigenvalue weighted by molar-refractivity contribution is 6.33. The maximum Gasteiger partial charge on any atom is 0.258 e. The van der Waals surface area contributed by atoms with Gasteiger partial charge in [0.1, 0.15) is 5.82 Å². The van der Waals surface area contributed by atoms with E-state index in [1.54, 1.807) is 4.90 Å². The third-order valence-corrected chi connectivity index (χ3v) is 3.34. The molecule has 0 aliphatic carbocycles. The van der Waals surface area contributed by atoms with Gasteiger partial charge in [-0.2, -0.15) is 0 Å². The highest BCUT2D eigenvalue weighted by Gasteiger charge is 2.28. The topological polar surface area (TPSA) is 32.3 Å². The SMILES string of the molecule is CC1CN(C(=O)c2c(F)cccc2Cl)CC(C)N1.Cl. The number of nitrogens with zero attached hydrogens (tertiary/aromatic N) is 1. The molecule has 2 rings (SSSR count). The molecule has 1 aliphatic rings. The van der Waals surface area contributed by atoms with Crippen molar-refractivity contribution < 1.29 is 9.18 Å². The molecule has 2 atom stereocenters. The third kappa shape index (κ3) is 3.59. The molecule has 1 aliphatic heterocycles. The molecule has 0 saturated carbocycles. The summed E-state index contributed by atoms with van der Waals surface area (Å²) in [5.41, 5.74) is -0.0273. The molecule has 1 aromatic rings. The molecule has 106 valence electrons. The van der Waals surface area contributed by atoms with Gasteiger partial charge in [-0.05, 0) is 26.0 Å². The molecule has 19 heavy (non-hydrogen) atoms. The summed E-state index contributed by atoms with van der Waals surface area (Å²) in [6.07, 6.45) is 0. The van der Waals surface area contributed by atoms with Gasteiger partial charge in [0.05, 0.1) is 10.6 Å². The number of carbonyl (C=O) groups excluding carboxylic acids is 1. The van der Waals surface area contributed by atoms with Gasteiger partial charge in [0.25, 0.3) is 5.91 Å². The van der Waals surface area contributed by atoms with Gasteiger partial charge in [0, 0.05) is 25.2 Å². The Kier molecular flexibility index (Phi) is 5.59. The number of amides is 1. The average Bonchev–Trinajstić information content (AvgIpc) is 2.27. The summed E-state index contributed by atoms with van der Waals surface area (Å²) in [6, 6.07) is 4.69. The van der Waals surface area contributed by atoms with Crippen LogP contribution in [0.5, 0.6) is 0 Å². The lowest BCUT2D eigenvalue weighted by Crippen LogP contribution is -2.56. The molecule has 0 aromatic heterocycles. The molecule has 1 saturated heterocycles. The lowest BCUT2D eigenvalue weighted by Gasteiger charge is -2.36. The van der Waals surface area contributed by atoms with Crippen molar-refractivity contribution in [1.82, 2.24) is 10.2 Å². The molecule has 6 heteroatoms. The van der Waals surface area contributed by atoms with Crippen LogP contribution in [0.4, 0.5) is 4.39 Å². The van der Waals surface area contributed by atoms with Gasteiger partial charge < -0.3 is 10.2 Å². The number of piperazine rings is 1. The van der Waals surface area contributed by atoms with Gasteiger partial charge in [0.2, 0.25) is 0 Å². The van der Waals surface area contributed by atoms with Crippen molar-refractivity contribution in [3.8, 4) is 0 Å². The Bertz CT molecular complexity index is 440. The van der Waals surface area contributed by atoms with E-state index >= 15 is 0 Å². The molecule has 1 aromatic carbocycles. The van der Waals surface area contributed by atoms with Crippen molar-refractivity contribution in [2.24, 2.45) is 0 Å². The van der Waals surface area contributed by atoms with Crippen LogP contribution in [0.15, 0.2) is 18.2 Å². The van der Waals surface area contributed by atoms with Crippen LogP contribution in [-0.4, -0.2) is 36.0 Å². The number of halogens is 3. The minimum atomic E-state index is -0.564. The zero-order chi connectivity index (χ0) is 13.3. The summed E-state index contributed by atoms with van der Waals surface area (Å²) in [6.45, 7) is 5.12. The first-order valence-corrected chi connectivity index (χ1v) is 6.36. The Morgan fingerprint density at radius 1 is 1.37 bits per heavy atom. The van der Waals surface area contributed by atoms with Gasteiger partial charge in [-0.3, -0.25) is 4.79 Å². The fourth-order valence-corrected chi connectivity index (χ4v) is 2.60. The summed E-state index contributed by atoms with van der Waals surface area (Å²) < 4.78 is 13.7. The van der Waals surface area contributed by atoms with E-state index in [2.05, 4.69) is 5.32 Å². The Hall–Kier alpha value is -0.840. The number of carbonyl (C=O) groups is 1. The summed E-state index contributed by atoms with van der Waals surface area (Å²) in [5.74, 6) is -0.898. The molecule has 0 bridgehead atoms. The molecule has 1 N–H and O–H groups in total. The Balaban J connectivity index is 0.00000180. The van der Waals surface area contributed by atoms with Crippen molar-refractivity contribution in [3.63, 3.8) is 0 Å². The van der Waals surface area contributed by atoms with Crippen LogP contribution < -0.4 is 5.32 Å².